The molecule has 1 fully saturated rings. The maximum absolute atomic E-state index is 13.6. The number of esters is 1. The minimum atomic E-state index is -0.904. The van der Waals surface area contributed by atoms with Gasteiger partial charge >= 0.3 is 5.97 Å². The van der Waals surface area contributed by atoms with Crippen LogP contribution in [0.5, 0.6) is 0 Å². The van der Waals surface area contributed by atoms with E-state index in [9.17, 15) is 19.5 Å². The Morgan fingerprint density at radius 1 is 1.22 bits per heavy atom. The highest BCUT2D eigenvalue weighted by molar-refractivity contribution is 6.11. The van der Waals surface area contributed by atoms with Gasteiger partial charge in [0.25, 0.3) is 0 Å². The third kappa shape index (κ3) is 3.31. The largest absolute Gasteiger partial charge is 0.454 e. The molecular formula is C22H30O5. The molecule has 0 spiro atoms. The average molecular weight is 374 g/mol. The summed E-state index contributed by atoms with van der Waals surface area (Å²) < 4.78 is 5.45. The minimum absolute atomic E-state index is 0.0910. The number of Topliss-reactive ketones (excluding diaryl/α,β-unsaturated/α-hetero) is 2. The molecule has 5 atom stereocenters. The fourth-order valence-electron chi connectivity index (χ4n) is 5.57. The lowest BCUT2D eigenvalue weighted by Gasteiger charge is -2.51. The van der Waals surface area contributed by atoms with E-state index in [1.165, 1.54) is 6.92 Å². The maximum atomic E-state index is 13.6. The van der Waals surface area contributed by atoms with Gasteiger partial charge in [-0.25, -0.2) is 0 Å². The number of allylic oxidation sites excluding steroid dienone is 2. The second-order valence-corrected chi connectivity index (χ2v) is 9.34. The van der Waals surface area contributed by atoms with Gasteiger partial charge in [0.05, 0.1) is 6.10 Å². The van der Waals surface area contributed by atoms with E-state index in [4.69, 9.17) is 4.74 Å². The van der Waals surface area contributed by atoms with E-state index < -0.39 is 23.6 Å². The smallest absolute Gasteiger partial charge is 0.303 e. The molecule has 0 aromatic rings. The Balaban J connectivity index is 2.11. The summed E-state index contributed by atoms with van der Waals surface area (Å²) in [5, 5.41) is 10.9. The van der Waals surface area contributed by atoms with Gasteiger partial charge in [-0.1, -0.05) is 39.8 Å². The average Bonchev–Trinajstić information content (AvgIpc) is 2.84. The molecule has 0 saturated heterocycles. The number of ketones is 2. The SMILES string of the molecule is C=C1C(=O)C2=C[C@@H]1C[C@H](OC(C)=O)C(=O)[C@]1(C)CCCC(C)(C)[C@H]1C[C@H]2O. The molecule has 27 heavy (non-hydrogen) atoms. The van der Waals surface area contributed by atoms with Crippen molar-refractivity contribution in [1.82, 2.24) is 0 Å². The molecule has 5 nitrogen and oxygen atoms in total. The summed E-state index contributed by atoms with van der Waals surface area (Å²) in [6.07, 6.45) is 3.03. The van der Waals surface area contributed by atoms with Gasteiger partial charge in [0.1, 0.15) is 0 Å². The van der Waals surface area contributed by atoms with Gasteiger partial charge in [0.15, 0.2) is 17.7 Å². The molecule has 3 aliphatic rings. The van der Waals surface area contributed by atoms with Crippen LogP contribution in [-0.4, -0.2) is 34.9 Å². The number of ether oxygens (including phenoxy) is 1. The third-order valence-electron chi connectivity index (χ3n) is 7.06. The van der Waals surface area contributed by atoms with E-state index in [-0.39, 0.29) is 35.2 Å². The highest BCUT2D eigenvalue weighted by atomic mass is 16.5. The molecule has 5 heteroatoms. The molecule has 0 amide bonds. The Kier molecular flexibility index (Phi) is 4.96. The van der Waals surface area contributed by atoms with Crippen LogP contribution < -0.4 is 0 Å². The van der Waals surface area contributed by atoms with Crippen LogP contribution in [0.1, 0.15) is 59.8 Å². The van der Waals surface area contributed by atoms with Gasteiger partial charge in [0, 0.05) is 30.3 Å². The Hall–Kier alpha value is -1.75. The van der Waals surface area contributed by atoms with Crippen molar-refractivity contribution < 1.29 is 24.2 Å². The number of hydrogen-bond donors (Lipinski definition) is 1. The van der Waals surface area contributed by atoms with Crippen LogP contribution in [0.4, 0.5) is 0 Å². The minimum Gasteiger partial charge on any atom is -0.454 e. The van der Waals surface area contributed by atoms with Crippen LogP contribution in [0.3, 0.4) is 0 Å². The Bertz CT molecular complexity index is 731. The van der Waals surface area contributed by atoms with Gasteiger partial charge in [-0.2, -0.15) is 0 Å². The van der Waals surface area contributed by atoms with E-state index in [1.54, 1.807) is 6.08 Å². The first kappa shape index (κ1) is 20.0. The molecule has 3 rings (SSSR count). The van der Waals surface area contributed by atoms with Crippen LogP contribution in [0.15, 0.2) is 23.8 Å². The Morgan fingerprint density at radius 3 is 2.52 bits per heavy atom. The summed E-state index contributed by atoms with van der Waals surface area (Å²) in [5.41, 5.74) is -0.125. The molecule has 0 aromatic heterocycles. The van der Waals surface area contributed by atoms with Gasteiger partial charge < -0.3 is 9.84 Å². The standard InChI is InChI=1S/C22H30O5/c1-12-14-9-15(19(12)25)16(24)11-18-21(3,4)7-6-8-22(18,5)20(26)17(10-14)27-13(2)23/h9,14,16-18,24H,1,6-8,10-11H2,2-5H3/t14-,16-,17+,18-,22-/m1/s1. The first-order valence-electron chi connectivity index (χ1n) is 9.82. The molecule has 0 radical (unpaired) electrons. The number of fused-ring (bicyclic) bond motifs is 2. The lowest BCUT2D eigenvalue weighted by molar-refractivity contribution is -0.163. The quantitative estimate of drug-likeness (QED) is 0.563. The zero-order chi connectivity index (χ0) is 20.1. The lowest BCUT2D eigenvalue weighted by atomic mass is 9.52. The Morgan fingerprint density at radius 2 is 1.89 bits per heavy atom. The fourth-order valence-corrected chi connectivity index (χ4v) is 5.57. The zero-order valence-electron chi connectivity index (χ0n) is 16.7. The van der Waals surface area contributed by atoms with E-state index in [0.29, 0.717) is 24.0 Å². The first-order valence-corrected chi connectivity index (χ1v) is 9.82. The van der Waals surface area contributed by atoms with E-state index in [1.807, 2.05) is 6.92 Å². The summed E-state index contributed by atoms with van der Waals surface area (Å²) in [5.74, 6) is -1.32. The van der Waals surface area contributed by atoms with Crippen LogP contribution in [0.25, 0.3) is 0 Å². The number of carbonyl (C=O) groups excluding carboxylic acids is 3. The molecule has 148 valence electrons. The summed E-state index contributed by atoms with van der Waals surface area (Å²) >= 11 is 0. The topological polar surface area (TPSA) is 80.7 Å². The van der Waals surface area contributed by atoms with E-state index in [0.717, 1.165) is 12.8 Å². The van der Waals surface area contributed by atoms with Crippen LogP contribution in [-0.2, 0) is 19.1 Å². The van der Waals surface area contributed by atoms with E-state index in [2.05, 4.69) is 20.4 Å². The molecule has 1 saturated carbocycles. The van der Waals surface area contributed by atoms with Gasteiger partial charge in [0.2, 0.25) is 0 Å². The highest BCUT2D eigenvalue weighted by Crippen LogP contribution is 2.55. The van der Waals surface area contributed by atoms with E-state index >= 15 is 0 Å². The zero-order valence-corrected chi connectivity index (χ0v) is 16.7. The number of carbonyl (C=O) groups is 3. The van der Waals surface area contributed by atoms with Crippen molar-refractivity contribution in [2.45, 2.75) is 72.0 Å². The van der Waals surface area contributed by atoms with Crippen molar-refractivity contribution in [2.75, 3.05) is 0 Å². The normalized spacial score (nSPS) is 38.9. The van der Waals surface area contributed by atoms with Crippen molar-refractivity contribution in [1.29, 1.82) is 0 Å². The predicted molar refractivity (Wildman–Crippen MR) is 101 cm³/mol. The van der Waals surface area contributed by atoms with Crippen molar-refractivity contribution in [2.24, 2.45) is 22.7 Å². The highest BCUT2D eigenvalue weighted by Gasteiger charge is 2.54. The molecule has 3 aliphatic carbocycles. The van der Waals surface area contributed by atoms with Crippen molar-refractivity contribution >= 4 is 17.5 Å². The van der Waals surface area contributed by atoms with Gasteiger partial charge in [-0.05, 0) is 36.2 Å². The summed E-state index contributed by atoms with van der Waals surface area (Å²) in [7, 11) is 0. The first-order chi connectivity index (χ1) is 12.5. The molecule has 0 unspecified atom stereocenters. The Labute approximate surface area is 160 Å². The van der Waals surface area contributed by atoms with Crippen LogP contribution in [0, 0.1) is 22.7 Å². The van der Waals surface area contributed by atoms with Crippen LogP contribution >= 0.6 is 0 Å². The maximum Gasteiger partial charge on any atom is 0.303 e. The van der Waals surface area contributed by atoms with Gasteiger partial charge in [-0.3, -0.25) is 14.4 Å². The number of aliphatic hydroxyl groups is 1. The fraction of sp³-hybridized carbons (Fsp3) is 0.682. The predicted octanol–water partition coefficient (Wildman–Crippen LogP) is 3.16. The molecule has 1 N–H and O–H groups in total. The molecular weight excluding hydrogens is 344 g/mol. The summed E-state index contributed by atoms with van der Waals surface area (Å²) in [4.78, 5) is 37.9. The second kappa shape index (κ2) is 6.69. The molecule has 0 aromatic carbocycles. The van der Waals surface area contributed by atoms with Crippen molar-refractivity contribution in [3.8, 4) is 0 Å². The molecule has 2 bridgehead atoms. The van der Waals surface area contributed by atoms with Gasteiger partial charge in [-0.15, -0.1) is 0 Å². The van der Waals surface area contributed by atoms with Crippen molar-refractivity contribution in [3.63, 3.8) is 0 Å². The molecule has 0 aliphatic heterocycles. The third-order valence-corrected chi connectivity index (χ3v) is 7.06. The number of rotatable bonds is 1. The second-order valence-electron chi connectivity index (χ2n) is 9.34. The number of hydrogen-bond acceptors (Lipinski definition) is 5. The number of aliphatic hydroxyl groups excluding tert-OH is 1. The van der Waals surface area contributed by atoms with Crippen LogP contribution in [0.2, 0.25) is 0 Å². The monoisotopic (exact) mass is 374 g/mol. The van der Waals surface area contributed by atoms with Crippen molar-refractivity contribution in [3.05, 3.63) is 23.8 Å². The molecule has 0 heterocycles. The lowest BCUT2D eigenvalue weighted by Crippen LogP contribution is -2.52. The summed E-state index contributed by atoms with van der Waals surface area (Å²) in [6.45, 7) is 11.4. The summed E-state index contributed by atoms with van der Waals surface area (Å²) in [6, 6.07) is 0.